The van der Waals surface area contributed by atoms with Gasteiger partial charge in [0.2, 0.25) is 0 Å². The van der Waals surface area contributed by atoms with E-state index in [1.165, 1.54) is 12.1 Å². The zero-order valence-corrected chi connectivity index (χ0v) is 10.2. The van der Waals surface area contributed by atoms with Crippen LogP contribution in [0.3, 0.4) is 0 Å². The second-order valence-electron chi connectivity index (χ2n) is 4.10. The quantitative estimate of drug-likeness (QED) is 0.852. The predicted octanol–water partition coefficient (Wildman–Crippen LogP) is 2.82. The monoisotopic (exact) mass is 241 g/mol. The molecule has 0 aromatic heterocycles. The molecule has 0 spiro atoms. The summed E-state index contributed by atoms with van der Waals surface area (Å²) in [6.45, 7) is 4.77. The van der Waals surface area contributed by atoms with E-state index in [0.29, 0.717) is 17.5 Å². The first-order valence-corrected chi connectivity index (χ1v) is 5.65. The van der Waals surface area contributed by atoms with Crippen molar-refractivity contribution < 1.29 is 9.90 Å². The molecule has 0 saturated carbocycles. The molecular weight excluding hydrogens is 226 g/mol. The molecule has 16 heavy (non-hydrogen) atoms. The third-order valence-electron chi connectivity index (χ3n) is 2.21. The van der Waals surface area contributed by atoms with Gasteiger partial charge in [-0.2, -0.15) is 0 Å². The van der Waals surface area contributed by atoms with Crippen LogP contribution in [-0.2, 0) is 0 Å². The Morgan fingerprint density at radius 1 is 1.50 bits per heavy atom. The van der Waals surface area contributed by atoms with Gasteiger partial charge in [0, 0.05) is 11.6 Å². The Morgan fingerprint density at radius 3 is 2.81 bits per heavy atom. The Hall–Kier alpha value is -1.22. The Morgan fingerprint density at radius 2 is 2.19 bits per heavy atom. The summed E-state index contributed by atoms with van der Waals surface area (Å²) in [5, 5.41) is 12.7. The van der Waals surface area contributed by atoms with Gasteiger partial charge in [0.05, 0.1) is 5.56 Å². The molecular formula is C12H16ClNO2. The summed E-state index contributed by atoms with van der Waals surface area (Å²) in [6.07, 6.45) is 0.910. The average molecular weight is 242 g/mol. The van der Waals surface area contributed by atoms with Gasteiger partial charge in [0.15, 0.2) is 0 Å². The van der Waals surface area contributed by atoms with Gasteiger partial charge in [0.1, 0.15) is 5.75 Å². The Kier molecular flexibility index (Phi) is 4.62. The normalized spacial score (nSPS) is 10.5. The molecule has 3 nitrogen and oxygen atoms in total. The van der Waals surface area contributed by atoms with Crippen molar-refractivity contribution in [3.05, 3.63) is 28.8 Å². The Labute approximate surface area is 100 Å². The number of benzene rings is 1. The minimum Gasteiger partial charge on any atom is -0.507 e. The zero-order chi connectivity index (χ0) is 12.1. The first-order valence-electron chi connectivity index (χ1n) is 5.27. The molecule has 2 N–H and O–H groups in total. The molecule has 0 aliphatic heterocycles. The molecule has 0 unspecified atom stereocenters. The lowest BCUT2D eigenvalue weighted by molar-refractivity contribution is 0.0949. The smallest absolute Gasteiger partial charge is 0.255 e. The number of nitrogens with one attached hydrogen (secondary N) is 1. The summed E-state index contributed by atoms with van der Waals surface area (Å²) in [6, 6.07) is 4.42. The van der Waals surface area contributed by atoms with Crippen molar-refractivity contribution in [1.29, 1.82) is 0 Å². The predicted molar refractivity (Wildman–Crippen MR) is 64.9 cm³/mol. The van der Waals surface area contributed by atoms with E-state index >= 15 is 0 Å². The number of carbonyl (C=O) groups excluding carboxylic acids is 1. The summed E-state index contributed by atoms with van der Waals surface area (Å²) < 4.78 is 0. The molecule has 88 valence electrons. The van der Waals surface area contributed by atoms with Gasteiger partial charge in [0.25, 0.3) is 5.91 Å². The van der Waals surface area contributed by atoms with E-state index in [9.17, 15) is 9.90 Å². The van der Waals surface area contributed by atoms with Gasteiger partial charge >= 0.3 is 0 Å². The van der Waals surface area contributed by atoms with Gasteiger partial charge in [-0.3, -0.25) is 4.79 Å². The highest BCUT2D eigenvalue weighted by Crippen LogP contribution is 2.21. The van der Waals surface area contributed by atoms with Crippen LogP contribution in [0.1, 0.15) is 30.6 Å². The van der Waals surface area contributed by atoms with Crippen LogP contribution in [0.15, 0.2) is 18.2 Å². The van der Waals surface area contributed by atoms with Crippen LogP contribution >= 0.6 is 11.6 Å². The number of amides is 1. The zero-order valence-electron chi connectivity index (χ0n) is 9.46. The van der Waals surface area contributed by atoms with Gasteiger partial charge in [-0.05, 0) is 30.5 Å². The third-order valence-corrected chi connectivity index (χ3v) is 2.45. The number of rotatable bonds is 4. The van der Waals surface area contributed by atoms with E-state index < -0.39 is 0 Å². The van der Waals surface area contributed by atoms with Crippen molar-refractivity contribution in [2.75, 3.05) is 6.54 Å². The molecule has 0 atom stereocenters. The molecule has 1 aromatic carbocycles. The first kappa shape index (κ1) is 12.8. The highest BCUT2D eigenvalue weighted by molar-refractivity contribution is 6.31. The van der Waals surface area contributed by atoms with Crippen molar-refractivity contribution >= 4 is 17.5 Å². The van der Waals surface area contributed by atoms with Crippen LogP contribution in [0.2, 0.25) is 5.02 Å². The molecule has 1 rings (SSSR count). The standard InChI is InChI=1S/C12H16ClNO2/c1-8(2)5-6-14-12(16)10-7-9(13)3-4-11(10)15/h3-4,7-8,15H,5-6H2,1-2H3,(H,14,16). The average Bonchev–Trinajstić information content (AvgIpc) is 2.21. The molecule has 0 saturated heterocycles. The molecule has 0 aliphatic carbocycles. The van der Waals surface area contributed by atoms with Crippen molar-refractivity contribution in [2.45, 2.75) is 20.3 Å². The van der Waals surface area contributed by atoms with E-state index in [0.717, 1.165) is 6.42 Å². The fourth-order valence-corrected chi connectivity index (χ4v) is 1.43. The van der Waals surface area contributed by atoms with E-state index in [1.807, 2.05) is 0 Å². The summed E-state index contributed by atoms with van der Waals surface area (Å²) >= 11 is 5.75. The lowest BCUT2D eigenvalue weighted by Gasteiger charge is -2.08. The SMILES string of the molecule is CC(C)CCNC(=O)c1cc(Cl)ccc1O. The van der Waals surface area contributed by atoms with Crippen LogP contribution in [-0.4, -0.2) is 17.6 Å². The van der Waals surface area contributed by atoms with Gasteiger partial charge in [-0.1, -0.05) is 25.4 Å². The fraction of sp³-hybridized carbons (Fsp3) is 0.417. The highest BCUT2D eigenvalue weighted by Gasteiger charge is 2.10. The third kappa shape index (κ3) is 3.74. The van der Waals surface area contributed by atoms with Crippen LogP contribution < -0.4 is 5.32 Å². The van der Waals surface area contributed by atoms with Crippen molar-refractivity contribution in [3.63, 3.8) is 0 Å². The molecule has 0 aliphatic rings. The number of phenols is 1. The van der Waals surface area contributed by atoms with Crippen LogP contribution in [0, 0.1) is 5.92 Å². The number of aromatic hydroxyl groups is 1. The van der Waals surface area contributed by atoms with Crippen molar-refractivity contribution in [3.8, 4) is 5.75 Å². The molecule has 4 heteroatoms. The molecule has 1 aromatic rings. The summed E-state index contributed by atoms with van der Waals surface area (Å²) in [4.78, 5) is 11.7. The molecule has 0 heterocycles. The summed E-state index contributed by atoms with van der Waals surface area (Å²) in [5.41, 5.74) is 0.219. The molecule has 0 bridgehead atoms. The van der Waals surface area contributed by atoms with Gasteiger partial charge in [-0.15, -0.1) is 0 Å². The lowest BCUT2D eigenvalue weighted by Crippen LogP contribution is -2.25. The maximum Gasteiger partial charge on any atom is 0.255 e. The number of carbonyl (C=O) groups is 1. The number of hydrogen-bond acceptors (Lipinski definition) is 2. The van der Waals surface area contributed by atoms with Crippen LogP contribution in [0.25, 0.3) is 0 Å². The molecule has 0 radical (unpaired) electrons. The minimum absolute atomic E-state index is 0.0496. The maximum atomic E-state index is 11.7. The maximum absolute atomic E-state index is 11.7. The highest BCUT2D eigenvalue weighted by atomic mass is 35.5. The first-order chi connectivity index (χ1) is 7.50. The lowest BCUT2D eigenvalue weighted by atomic mass is 10.1. The van der Waals surface area contributed by atoms with E-state index in [-0.39, 0.29) is 17.2 Å². The molecule has 1 amide bonds. The molecule has 0 fully saturated rings. The van der Waals surface area contributed by atoms with Gasteiger partial charge < -0.3 is 10.4 Å². The largest absolute Gasteiger partial charge is 0.507 e. The van der Waals surface area contributed by atoms with E-state index in [1.54, 1.807) is 6.07 Å². The van der Waals surface area contributed by atoms with Crippen LogP contribution in [0.4, 0.5) is 0 Å². The van der Waals surface area contributed by atoms with Crippen molar-refractivity contribution in [2.24, 2.45) is 5.92 Å². The number of hydrogen-bond donors (Lipinski definition) is 2. The van der Waals surface area contributed by atoms with Gasteiger partial charge in [-0.25, -0.2) is 0 Å². The van der Waals surface area contributed by atoms with Crippen molar-refractivity contribution in [1.82, 2.24) is 5.32 Å². The Balaban J connectivity index is 2.62. The summed E-state index contributed by atoms with van der Waals surface area (Å²) in [5.74, 6) is 0.195. The van der Waals surface area contributed by atoms with Crippen LogP contribution in [0.5, 0.6) is 5.75 Å². The fourth-order valence-electron chi connectivity index (χ4n) is 1.26. The number of halogens is 1. The second-order valence-corrected chi connectivity index (χ2v) is 4.54. The summed E-state index contributed by atoms with van der Waals surface area (Å²) in [7, 11) is 0. The topological polar surface area (TPSA) is 49.3 Å². The van der Waals surface area contributed by atoms with E-state index in [4.69, 9.17) is 11.6 Å². The number of phenolic OH excluding ortho intramolecular Hbond substituents is 1. The van der Waals surface area contributed by atoms with E-state index in [2.05, 4.69) is 19.2 Å². The minimum atomic E-state index is -0.291. The second kappa shape index (κ2) is 5.75. The Bertz CT molecular complexity index is 377.